The molecule has 0 bridgehead atoms. The zero-order chi connectivity index (χ0) is 12.5. The van der Waals surface area contributed by atoms with Crippen molar-refractivity contribution in [3.8, 4) is 11.5 Å². The normalized spacial score (nSPS) is 31.8. The van der Waals surface area contributed by atoms with Crippen LogP contribution in [-0.4, -0.2) is 19.3 Å². The van der Waals surface area contributed by atoms with Crippen molar-refractivity contribution < 1.29 is 9.47 Å². The average Bonchev–Trinajstić information content (AvgIpc) is 2.37. The van der Waals surface area contributed by atoms with Crippen molar-refractivity contribution in [3.05, 3.63) is 24.3 Å². The van der Waals surface area contributed by atoms with Crippen LogP contribution in [0.3, 0.4) is 0 Å². The first-order valence-corrected chi connectivity index (χ1v) is 6.17. The molecule has 1 saturated carbocycles. The molecule has 2 rings (SSSR count). The molecule has 0 heterocycles. The van der Waals surface area contributed by atoms with Crippen molar-refractivity contribution >= 4 is 0 Å². The zero-order valence-corrected chi connectivity index (χ0v) is 10.8. The van der Waals surface area contributed by atoms with E-state index in [1.807, 2.05) is 24.3 Å². The van der Waals surface area contributed by atoms with Crippen LogP contribution < -0.4 is 15.2 Å². The Balaban J connectivity index is 2.12. The highest BCUT2D eigenvalue weighted by Gasteiger charge is 2.50. The van der Waals surface area contributed by atoms with Crippen molar-refractivity contribution in [1.29, 1.82) is 0 Å². The average molecular weight is 235 g/mol. The highest BCUT2D eigenvalue weighted by Crippen LogP contribution is 2.45. The van der Waals surface area contributed by atoms with E-state index in [9.17, 15) is 0 Å². The maximum atomic E-state index is 6.07. The first-order valence-electron chi connectivity index (χ1n) is 6.17. The Morgan fingerprint density at radius 3 is 2.53 bits per heavy atom. The van der Waals surface area contributed by atoms with E-state index in [0.29, 0.717) is 0 Å². The molecular weight excluding hydrogens is 214 g/mol. The van der Waals surface area contributed by atoms with E-state index in [0.717, 1.165) is 24.3 Å². The lowest BCUT2D eigenvalue weighted by Gasteiger charge is -2.51. The Bertz CT molecular complexity index is 394. The molecule has 0 spiro atoms. The topological polar surface area (TPSA) is 44.5 Å². The first kappa shape index (κ1) is 12.2. The number of hydrogen-bond donors (Lipinski definition) is 1. The third-order valence-electron chi connectivity index (χ3n) is 4.15. The molecule has 3 atom stereocenters. The van der Waals surface area contributed by atoms with Crippen LogP contribution in [0, 0.1) is 5.41 Å². The number of ether oxygens (including phenoxy) is 2. The lowest BCUT2D eigenvalue weighted by atomic mass is 9.62. The molecule has 1 aliphatic rings. The molecule has 3 unspecified atom stereocenters. The molecule has 0 aliphatic heterocycles. The fourth-order valence-corrected chi connectivity index (χ4v) is 2.39. The van der Waals surface area contributed by atoms with E-state index in [4.69, 9.17) is 15.2 Å². The molecule has 3 heteroatoms. The quantitative estimate of drug-likeness (QED) is 0.872. The molecule has 0 saturated heterocycles. The predicted molar refractivity (Wildman–Crippen MR) is 68.4 cm³/mol. The summed E-state index contributed by atoms with van der Waals surface area (Å²) in [5.74, 6) is 1.60. The van der Waals surface area contributed by atoms with Gasteiger partial charge in [0.2, 0.25) is 0 Å². The molecule has 0 amide bonds. The van der Waals surface area contributed by atoms with Gasteiger partial charge in [0, 0.05) is 17.9 Å². The fourth-order valence-electron chi connectivity index (χ4n) is 2.39. The molecule has 94 valence electrons. The van der Waals surface area contributed by atoms with Gasteiger partial charge in [-0.3, -0.25) is 0 Å². The maximum absolute atomic E-state index is 6.07. The summed E-state index contributed by atoms with van der Waals surface area (Å²) >= 11 is 0. The second-order valence-electron chi connectivity index (χ2n) is 4.96. The highest BCUT2D eigenvalue weighted by atomic mass is 16.5. The van der Waals surface area contributed by atoms with Gasteiger partial charge in [-0.1, -0.05) is 26.0 Å². The SMILES string of the molecule is CCC1(C)C(N)CC1Oc1ccccc1OC. The van der Waals surface area contributed by atoms with Gasteiger partial charge in [0.15, 0.2) is 11.5 Å². The van der Waals surface area contributed by atoms with Crippen LogP contribution in [0.5, 0.6) is 11.5 Å². The Labute approximate surface area is 103 Å². The minimum Gasteiger partial charge on any atom is -0.493 e. The molecule has 1 aromatic carbocycles. The monoisotopic (exact) mass is 235 g/mol. The van der Waals surface area contributed by atoms with Crippen molar-refractivity contribution in [3.63, 3.8) is 0 Å². The van der Waals surface area contributed by atoms with Crippen molar-refractivity contribution in [1.82, 2.24) is 0 Å². The van der Waals surface area contributed by atoms with E-state index in [1.165, 1.54) is 0 Å². The number of nitrogens with two attached hydrogens (primary N) is 1. The van der Waals surface area contributed by atoms with Crippen LogP contribution in [0.2, 0.25) is 0 Å². The molecule has 0 aromatic heterocycles. The Morgan fingerprint density at radius 1 is 1.35 bits per heavy atom. The number of hydrogen-bond acceptors (Lipinski definition) is 3. The molecule has 2 N–H and O–H groups in total. The van der Waals surface area contributed by atoms with Crippen LogP contribution in [0.4, 0.5) is 0 Å². The van der Waals surface area contributed by atoms with Gasteiger partial charge in [-0.05, 0) is 18.6 Å². The molecule has 1 fully saturated rings. The van der Waals surface area contributed by atoms with Crippen LogP contribution in [0.1, 0.15) is 26.7 Å². The third kappa shape index (κ3) is 2.00. The van der Waals surface area contributed by atoms with Crippen LogP contribution >= 0.6 is 0 Å². The van der Waals surface area contributed by atoms with Crippen LogP contribution in [0.15, 0.2) is 24.3 Å². The lowest BCUT2D eigenvalue weighted by molar-refractivity contribution is -0.0569. The first-order chi connectivity index (χ1) is 8.11. The summed E-state index contributed by atoms with van der Waals surface area (Å²) in [6.07, 6.45) is 2.15. The summed E-state index contributed by atoms with van der Waals surface area (Å²) < 4.78 is 11.3. The molecule has 3 nitrogen and oxygen atoms in total. The molecular formula is C14H21NO2. The van der Waals surface area contributed by atoms with Crippen molar-refractivity contribution in [2.75, 3.05) is 7.11 Å². The maximum Gasteiger partial charge on any atom is 0.161 e. The molecule has 1 aliphatic carbocycles. The predicted octanol–water partition coefficient (Wildman–Crippen LogP) is 2.59. The van der Waals surface area contributed by atoms with Crippen LogP contribution in [0.25, 0.3) is 0 Å². The molecule has 17 heavy (non-hydrogen) atoms. The van der Waals surface area contributed by atoms with E-state index in [2.05, 4.69) is 13.8 Å². The van der Waals surface area contributed by atoms with Gasteiger partial charge >= 0.3 is 0 Å². The third-order valence-corrected chi connectivity index (χ3v) is 4.15. The summed E-state index contributed by atoms with van der Waals surface area (Å²) in [7, 11) is 1.66. The Hall–Kier alpha value is -1.22. The largest absolute Gasteiger partial charge is 0.493 e. The number of benzene rings is 1. The van der Waals surface area contributed by atoms with Gasteiger partial charge < -0.3 is 15.2 Å². The standard InChI is InChI=1S/C14H21NO2/c1-4-14(2)12(15)9-13(14)17-11-8-6-5-7-10(11)16-3/h5-8,12-13H,4,9,15H2,1-3H3. The van der Waals surface area contributed by atoms with E-state index in [-0.39, 0.29) is 17.6 Å². The highest BCUT2D eigenvalue weighted by molar-refractivity contribution is 5.39. The number of para-hydroxylation sites is 2. The Kier molecular flexibility index (Phi) is 3.29. The molecule has 1 aromatic rings. The number of methoxy groups -OCH3 is 1. The van der Waals surface area contributed by atoms with Gasteiger partial charge in [-0.15, -0.1) is 0 Å². The lowest BCUT2D eigenvalue weighted by Crippen LogP contribution is -2.61. The van der Waals surface area contributed by atoms with Crippen LogP contribution in [-0.2, 0) is 0 Å². The minimum absolute atomic E-state index is 0.0842. The second kappa shape index (κ2) is 4.57. The zero-order valence-electron chi connectivity index (χ0n) is 10.8. The van der Waals surface area contributed by atoms with Crippen molar-refractivity contribution in [2.45, 2.75) is 38.8 Å². The smallest absolute Gasteiger partial charge is 0.161 e. The summed E-state index contributed by atoms with van der Waals surface area (Å²) in [4.78, 5) is 0. The van der Waals surface area contributed by atoms with Crippen molar-refractivity contribution in [2.24, 2.45) is 11.1 Å². The van der Waals surface area contributed by atoms with Gasteiger partial charge in [0.05, 0.1) is 7.11 Å². The van der Waals surface area contributed by atoms with E-state index < -0.39 is 0 Å². The number of rotatable bonds is 4. The van der Waals surface area contributed by atoms with Gasteiger partial charge in [-0.2, -0.15) is 0 Å². The summed E-state index contributed by atoms with van der Waals surface area (Å²) in [6.45, 7) is 4.36. The minimum atomic E-state index is 0.0842. The van der Waals surface area contributed by atoms with Gasteiger partial charge in [0.1, 0.15) is 6.10 Å². The van der Waals surface area contributed by atoms with Gasteiger partial charge in [0.25, 0.3) is 0 Å². The summed E-state index contributed by atoms with van der Waals surface area (Å²) in [5.41, 5.74) is 6.16. The van der Waals surface area contributed by atoms with E-state index >= 15 is 0 Å². The Morgan fingerprint density at radius 2 is 2.00 bits per heavy atom. The van der Waals surface area contributed by atoms with Gasteiger partial charge in [-0.25, -0.2) is 0 Å². The summed E-state index contributed by atoms with van der Waals surface area (Å²) in [6, 6.07) is 8.00. The second-order valence-corrected chi connectivity index (χ2v) is 4.96. The fraction of sp³-hybridized carbons (Fsp3) is 0.571. The molecule has 0 radical (unpaired) electrons. The van der Waals surface area contributed by atoms with E-state index in [1.54, 1.807) is 7.11 Å². The summed E-state index contributed by atoms with van der Waals surface area (Å²) in [5, 5.41) is 0.